The average Bonchev–Trinajstić information content (AvgIpc) is 3.45. The molecule has 0 radical (unpaired) electrons. The minimum atomic E-state index is -3.77. The number of oxazole rings is 1. The molecule has 3 aromatic heterocycles. The molecule has 4 aromatic rings. The van der Waals surface area contributed by atoms with E-state index in [0.717, 1.165) is 18.4 Å². The van der Waals surface area contributed by atoms with Crippen molar-refractivity contribution in [3.63, 3.8) is 0 Å². The SMILES string of the molecule is CC1(C)[C@H]2CC[C@]1(c1cncc(-c3nc(CS(N)(=O)=O)co3)n1)c1nnc(-c3c(F)cccc3F)cc12. The number of benzene rings is 1. The van der Waals surface area contributed by atoms with Gasteiger partial charge in [-0.2, -0.15) is 5.10 Å². The minimum absolute atomic E-state index is 0.0696. The number of nitrogens with two attached hydrogens (primary N) is 1. The normalized spacial score (nSPS) is 21.8. The van der Waals surface area contributed by atoms with Gasteiger partial charge in [0.2, 0.25) is 15.9 Å². The van der Waals surface area contributed by atoms with Crippen LogP contribution in [0.25, 0.3) is 22.8 Å². The Balaban J connectivity index is 1.45. The zero-order valence-electron chi connectivity index (χ0n) is 19.9. The molecule has 1 saturated carbocycles. The van der Waals surface area contributed by atoms with Crippen LogP contribution in [-0.2, 0) is 21.2 Å². The summed E-state index contributed by atoms with van der Waals surface area (Å²) in [5.74, 6) is -1.67. The number of halogens is 2. The molecule has 0 aliphatic heterocycles. The van der Waals surface area contributed by atoms with Gasteiger partial charge in [0.15, 0.2) is 0 Å². The van der Waals surface area contributed by atoms with Crippen LogP contribution in [0, 0.1) is 17.0 Å². The van der Waals surface area contributed by atoms with Gasteiger partial charge in [-0.1, -0.05) is 19.9 Å². The summed E-state index contributed by atoms with van der Waals surface area (Å²) in [6.45, 7) is 4.25. The van der Waals surface area contributed by atoms with Gasteiger partial charge in [0.1, 0.15) is 29.3 Å². The second-order valence-electron chi connectivity index (χ2n) is 10.1. The monoisotopic (exact) mass is 524 g/mol. The second-order valence-corrected chi connectivity index (χ2v) is 11.7. The molecule has 1 aromatic carbocycles. The lowest BCUT2D eigenvalue weighted by molar-refractivity contribution is 0.242. The first-order valence-electron chi connectivity index (χ1n) is 11.6. The summed E-state index contributed by atoms with van der Waals surface area (Å²) in [4.78, 5) is 13.4. The predicted octanol–water partition coefficient (Wildman–Crippen LogP) is 3.86. The van der Waals surface area contributed by atoms with E-state index in [1.54, 1.807) is 12.3 Å². The van der Waals surface area contributed by atoms with E-state index in [9.17, 15) is 17.2 Å². The maximum atomic E-state index is 14.5. The third-order valence-electron chi connectivity index (χ3n) is 7.79. The van der Waals surface area contributed by atoms with Crippen LogP contribution in [0.3, 0.4) is 0 Å². The van der Waals surface area contributed by atoms with E-state index in [1.165, 1.54) is 30.7 Å². The first kappa shape index (κ1) is 23.7. The molecular formula is C25H22F2N6O3S. The highest BCUT2D eigenvalue weighted by Crippen LogP contribution is 2.69. The molecule has 0 unspecified atom stereocenters. The number of nitrogens with zero attached hydrogens (tertiary/aromatic N) is 5. The Morgan fingerprint density at radius 3 is 2.59 bits per heavy atom. The van der Waals surface area contributed by atoms with Crippen molar-refractivity contribution in [1.82, 2.24) is 25.1 Å². The van der Waals surface area contributed by atoms with Gasteiger partial charge in [0, 0.05) is 6.20 Å². The van der Waals surface area contributed by atoms with Crippen molar-refractivity contribution in [3.8, 4) is 22.8 Å². The lowest BCUT2D eigenvalue weighted by Gasteiger charge is -2.37. The van der Waals surface area contributed by atoms with Gasteiger partial charge in [-0.05, 0) is 47.9 Å². The summed E-state index contributed by atoms with van der Waals surface area (Å²) in [7, 11) is -3.77. The lowest BCUT2D eigenvalue weighted by atomic mass is 9.66. The molecular weight excluding hydrogens is 502 g/mol. The van der Waals surface area contributed by atoms with Crippen molar-refractivity contribution in [1.29, 1.82) is 0 Å². The maximum Gasteiger partial charge on any atom is 0.246 e. The van der Waals surface area contributed by atoms with Crippen molar-refractivity contribution in [2.24, 2.45) is 10.6 Å². The Bertz CT molecular complexity index is 1650. The van der Waals surface area contributed by atoms with E-state index >= 15 is 0 Å². The summed E-state index contributed by atoms with van der Waals surface area (Å²) in [6.07, 6.45) is 5.94. The van der Waals surface area contributed by atoms with Crippen LogP contribution < -0.4 is 5.14 Å². The molecule has 12 heteroatoms. The van der Waals surface area contributed by atoms with E-state index in [-0.39, 0.29) is 34.2 Å². The molecule has 2 aliphatic carbocycles. The highest BCUT2D eigenvalue weighted by Gasteiger charge is 2.65. The van der Waals surface area contributed by atoms with E-state index < -0.39 is 32.8 Å². The molecule has 2 atom stereocenters. The third kappa shape index (κ3) is 3.50. The molecule has 0 spiro atoms. The van der Waals surface area contributed by atoms with Crippen LogP contribution in [0.5, 0.6) is 0 Å². The molecule has 2 N–H and O–H groups in total. The molecule has 3 heterocycles. The number of hydrogen-bond acceptors (Lipinski definition) is 8. The Hall–Kier alpha value is -3.64. The fourth-order valence-electron chi connectivity index (χ4n) is 6.13. The lowest BCUT2D eigenvalue weighted by Crippen LogP contribution is -2.38. The van der Waals surface area contributed by atoms with Gasteiger partial charge in [-0.3, -0.25) is 4.98 Å². The van der Waals surface area contributed by atoms with E-state index in [1.807, 2.05) is 0 Å². The van der Waals surface area contributed by atoms with Gasteiger partial charge in [-0.15, -0.1) is 5.10 Å². The van der Waals surface area contributed by atoms with Gasteiger partial charge < -0.3 is 4.42 Å². The molecule has 190 valence electrons. The van der Waals surface area contributed by atoms with Crippen LogP contribution in [-0.4, -0.2) is 33.6 Å². The largest absolute Gasteiger partial charge is 0.443 e. The number of hydrogen-bond donors (Lipinski definition) is 1. The molecule has 0 saturated heterocycles. The Morgan fingerprint density at radius 1 is 1.11 bits per heavy atom. The number of sulfonamides is 1. The van der Waals surface area contributed by atoms with Gasteiger partial charge >= 0.3 is 0 Å². The van der Waals surface area contributed by atoms with E-state index in [0.29, 0.717) is 17.1 Å². The quantitative estimate of drug-likeness (QED) is 0.415. The van der Waals surface area contributed by atoms with Crippen molar-refractivity contribution >= 4 is 10.0 Å². The van der Waals surface area contributed by atoms with Gasteiger partial charge in [0.05, 0.1) is 40.0 Å². The first-order chi connectivity index (χ1) is 17.5. The predicted molar refractivity (Wildman–Crippen MR) is 128 cm³/mol. The fourth-order valence-corrected chi connectivity index (χ4v) is 6.67. The number of primary sulfonamides is 1. The Morgan fingerprint density at radius 2 is 1.86 bits per heavy atom. The third-order valence-corrected chi connectivity index (χ3v) is 8.49. The Labute approximate surface area is 211 Å². The van der Waals surface area contributed by atoms with Crippen molar-refractivity contribution in [2.75, 3.05) is 0 Å². The molecule has 2 aliphatic rings. The van der Waals surface area contributed by atoms with Gasteiger partial charge in [-0.25, -0.2) is 32.3 Å². The molecule has 1 fully saturated rings. The zero-order chi connectivity index (χ0) is 26.2. The van der Waals surface area contributed by atoms with E-state index in [2.05, 4.69) is 34.0 Å². The van der Waals surface area contributed by atoms with Crippen LogP contribution >= 0.6 is 0 Å². The number of fused-ring (bicyclic) bond motifs is 5. The smallest absolute Gasteiger partial charge is 0.246 e. The van der Waals surface area contributed by atoms with Crippen LogP contribution in [0.1, 0.15) is 55.3 Å². The highest BCUT2D eigenvalue weighted by atomic mass is 32.2. The zero-order valence-corrected chi connectivity index (χ0v) is 20.8. The molecule has 9 nitrogen and oxygen atoms in total. The summed E-state index contributed by atoms with van der Waals surface area (Å²) in [6, 6.07) is 5.45. The fraction of sp³-hybridized carbons (Fsp3) is 0.320. The molecule has 37 heavy (non-hydrogen) atoms. The van der Waals surface area contributed by atoms with Crippen LogP contribution in [0.4, 0.5) is 8.78 Å². The summed E-state index contributed by atoms with van der Waals surface area (Å²) in [5, 5.41) is 13.9. The molecule has 2 bridgehead atoms. The number of aromatic nitrogens is 5. The molecule has 0 amide bonds. The molecule has 6 rings (SSSR count). The van der Waals surface area contributed by atoms with Crippen molar-refractivity contribution < 1.29 is 21.6 Å². The average molecular weight is 525 g/mol. The Kier molecular flexibility index (Phi) is 5.09. The van der Waals surface area contributed by atoms with E-state index in [4.69, 9.17) is 14.5 Å². The van der Waals surface area contributed by atoms with Crippen molar-refractivity contribution in [3.05, 3.63) is 77.2 Å². The topological polar surface area (TPSA) is 138 Å². The minimum Gasteiger partial charge on any atom is -0.443 e. The van der Waals surface area contributed by atoms with Crippen LogP contribution in [0.15, 0.2) is 47.3 Å². The van der Waals surface area contributed by atoms with Gasteiger partial charge in [0.25, 0.3) is 0 Å². The summed E-state index contributed by atoms with van der Waals surface area (Å²) in [5.41, 5.74) is 1.69. The second kappa shape index (κ2) is 7.93. The standard InChI is InChI=1S/C25H22F2N6O3S/c1-24(2)15-6-7-25(24,22-14(15)8-18(32-33-22)21-16(26)4-3-5-17(21)27)20-10-29-9-19(31-20)23-30-13(11-36-23)12-37(28,34)35/h3-5,8-11,15H,6-7,12H2,1-2H3,(H2,28,34,35)/t15-,25-/m0/s1. The maximum absolute atomic E-state index is 14.5. The highest BCUT2D eigenvalue weighted by molar-refractivity contribution is 7.88. The summed E-state index contributed by atoms with van der Waals surface area (Å²) < 4.78 is 57.3. The van der Waals surface area contributed by atoms with Crippen LogP contribution in [0.2, 0.25) is 0 Å². The number of rotatable bonds is 5. The summed E-state index contributed by atoms with van der Waals surface area (Å²) >= 11 is 0. The first-order valence-corrected chi connectivity index (χ1v) is 13.3. The van der Waals surface area contributed by atoms with Crippen molar-refractivity contribution in [2.45, 2.75) is 43.8 Å².